The number of hydrogen-bond donors (Lipinski definition) is 0. The lowest BCUT2D eigenvalue weighted by Gasteiger charge is -2.43. The van der Waals surface area contributed by atoms with Gasteiger partial charge >= 0.3 is 0 Å². The van der Waals surface area contributed by atoms with E-state index in [-0.39, 0.29) is 0 Å². The van der Waals surface area contributed by atoms with Gasteiger partial charge < -0.3 is 4.65 Å². The summed E-state index contributed by atoms with van der Waals surface area (Å²) in [5.74, 6) is 0. The van der Waals surface area contributed by atoms with Crippen LogP contribution in [0.3, 0.4) is 0 Å². The Balaban J connectivity index is 2.29. The average Bonchev–Trinajstić information content (AvgIpc) is 2.62. The van der Waals surface area contributed by atoms with Gasteiger partial charge in [0.2, 0.25) is 0 Å². The van der Waals surface area contributed by atoms with Gasteiger partial charge in [-0.2, -0.15) is 16.4 Å². The van der Waals surface area contributed by atoms with Crippen LogP contribution in [0.15, 0.2) is 91.0 Å². The zero-order valence-electron chi connectivity index (χ0n) is 12.9. The maximum absolute atomic E-state index is 6.45. The Morgan fingerprint density at radius 2 is 0.909 bits per heavy atom. The summed E-state index contributed by atoms with van der Waals surface area (Å²) in [6, 6.07) is 31.6. The summed E-state index contributed by atoms with van der Waals surface area (Å²) in [7, 11) is 0. The van der Waals surface area contributed by atoms with Gasteiger partial charge in [-0.15, -0.1) is 0 Å². The molecule has 0 N–H and O–H groups in total. The predicted molar refractivity (Wildman–Crippen MR) is 95.6 cm³/mol. The Hall–Kier alpha value is -2.32. The van der Waals surface area contributed by atoms with Gasteiger partial charge in [0, 0.05) is 0 Å². The molecule has 0 aromatic heterocycles. The molecule has 0 saturated carbocycles. The zero-order chi connectivity index (χ0) is 15.3. The second kappa shape index (κ2) is 6.63. The van der Waals surface area contributed by atoms with Gasteiger partial charge in [-0.1, -0.05) is 91.0 Å². The monoisotopic (exact) mass is 287 g/mol. The molecule has 0 aliphatic heterocycles. The predicted octanol–water partition coefficient (Wildman–Crippen LogP) is 2.69. The molecule has 110 valence electrons. The molecule has 22 heavy (non-hydrogen) atoms. The SMILES string of the molecule is CCO[B-](c1ccccc1)(c1ccccc1)c1ccccc1. The van der Waals surface area contributed by atoms with Crippen molar-refractivity contribution >= 4 is 22.7 Å². The Kier molecular flexibility index (Phi) is 4.41. The standard InChI is InChI=1S/C20H20BO/c1-2-22-21(18-12-6-3-7-13-18,19-14-8-4-9-15-19)20-16-10-5-11-17-20/h3-17H,2H2,1H3/q-1. The van der Waals surface area contributed by atoms with E-state index < -0.39 is 6.35 Å². The van der Waals surface area contributed by atoms with Crippen LogP contribution in [0.25, 0.3) is 0 Å². The van der Waals surface area contributed by atoms with Gasteiger partial charge in [-0.05, 0) is 13.5 Å². The van der Waals surface area contributed by atoms with Crippen molar-refractivity contribution in [3.63, 3.8) is 0 Å². The second-order valence-electron chi connectivity index (χ2n) is 5.47. The molecule has 2 heteroatoms. The smallest absolute Gasteiger partial charge is 0.197 e. The molecule has 0 radical (unpaired) electrons. The van der Waals surface area contributed by atoms with Crippen LogP contribution < -0.4 is 16.4 Å². The molecule has 0 fully saturated rings. The molecule has 0 aliphatic rings. The first kappa shape index (κ1) is 14.6. The molecule has 0 aliphatic carbocycles. The lowest BCUT2D eigenvalue weighted by Crippen LogP contribution is -2.69. The molecule has 0 saturated heterocycles. The van der Waals surface area contributed by atoms with Crippen LogP contribution in [0.1, 0.15) is 6.92 Å². The quantitative estimate of drug-likeness (QED) is 0.656. The van der Waals surface area contributed by atoms with Crippen LogP contribution >= 0.6 is 0 Å². The Labute approximate surface area is 132 Å². The van der Waals surface area contributed by atoms with Gasteiger partial charge in [0.05, 0.1) is 0 Å². The molecule has 0 atom stereocenters. The van der Waals surface area contributed by atoms with E-state index in [0.29, 0.717) is 6.61 Å². The summed E-state index contributed by atoms with van der Waals surface area (Å²) in [5.41, 5.74) is 3.63. The Morgan fingerprint density at radius 3 is 1.18 bits per heavy atom. The van der Waals surface area contributed by atoms with Gasteiger partial charge in [0.25, 0.3) is 0 Å². The summed E-state index contributed by atoms with van der Waals surface area (Å²) in [6.07, 6.45) is -1.40. The average molecular weight is 287 g/mol. The molecular weight excluding hydrogens is 267 g/mol. The minimum Gasteiger partial charge on any atom is -0.579 e. The van der Waals surface area contributed by atoms with E-state index in [1.807, 2.05) is 18.2 Å². The van der Waals surface area contributed by atoms with E-state index in [0.717, 1.165) is 0 Å². The third-order valence-corrected chi connectivity index (χ3v) is 4.22. The molecule has 3 aromatic rings. The normalized spacial score (nSPS) is 11.3. The fraction of sp³-hybridized carbons (Fsp3) is 0.100. The molecule has 0 amide bonds. The van der Waals surface area contributed by atoms with E-state index in [9.17, 15) is 0 Å². The van der Waals surface area contributed by atoms with Gasteiger partial charge in [0.15, 0.2) is 6.35 Å². The third-order valence-electron chi connectivity index (χ3n) is 4.22. The zero-order valence-corrected chi connectivity index (χ0v) is 12.9. The Bertz CT molecular complexity index is 599. The first-order valence-corrected chi connectivity index (χ1v) is 7.83. The first-order valence-electron chi connectivity index (χ1n) is 7.83. The van der Waals surface area contributed by atoms with Crippen molar-refractivity contribution in [3.8, 4) is 0 Å². The highest BCUT2D eigenvalue weighted by atomic mass is 16.4. The summed E-state index contributed by atoms with van der Waals surface area (Å²) in [5, 5.41) is 0. The van der Waals surface area contributed by atoms with Crippen molar-refractivity contribution in [2.45, 2.75) is 6.92 Å². The maximum atomic E-state index is 6.45. The van der Waals surface area contributed by atoms with E-state index in [1.54, 1.807) is 0 Å². The number of benzene rings is 3. The molecule has 3 rings (SSSR count). The van der Waals surface area contributed by atoms with E-state index in [2.05, 4.69) is 79.7 Å². The highest BCUT2D eigenvalue weighted by molar-refractivity contribution is 7.07. The molecule has 1 nitrogen and oxygen atoms in total. The van der Waals surface area contributed by atoms with Crippen LogP contribution in [-0.2, 0) is 4.65 Å². The third kappa shape index (κ3) is 2.58. The Morgan fingerprint density at radius 1 is 0.591 bits per heavy atom. The summed E-state index contributed by atoms with van der Waals surface area (Å²) < 4.78 is 6.45. The minimum absolute atomic E-state index is 0.665. The highest BCUT2D eigenvalue weighted by Crippen LogP contribution is 2.09. The van der Waals surface area contributed by atoms with Crippen LogP contribution in [0, 0.1) is 0 Å². The van der Waals surface area contributed by atoms with Gasteiger partial charge in [0.1, 0.15) is 0 Å². The van der Waals surface area contributed by atoms with Crippen LogP contribution in [0.5, 0.6) is 0 Å². The summed E-state index contributed by atoms with van der Waals surface area (Å²) >= 11 is 0. The van der Waals surface area contributed by atoms with Crippen molar-refractivity contribution in [1.29, 1.82) is 0 Å². The first-order chi connectivity index (χ1) is 10.9. The van der Waals surface area contributed by atoms with Crippen molar-refractivity contribution < 1.29 is 4.65 Å². The summed E-state index contributed by atoms with van der Waals surface area (Å²) in [4.78, 5) is 0. The van der Waals surface area contributed by atoms with Crippen molar-refractivity contribution in [2.75, 3.05) is 6.61 Å². The molecular formula is C20H20BO-. The van der Waals surface area contributed by atoms with Gasteiger partial charge in [-0.25, -0.2) is 0 Å². The van der Waals surface area contributed by atoms with E-state index >= 15 is 0 Å². The van der Waals surface area contributed by atoms with Crippen molar-refractivity contribution in [1.82, 2.24) is 0 Å². The van der Waals surface area contributed by atoms with Crippen molar-refractivity contribution in [3.05, 3.63) is 91.0 Å². The molecule has 0 spiro atoms. The molecule has 3 aromatic carbocycles. The molecule has 0 unspecified atom stereocenters. The van der Waals surface area contributed by atoms with E-state index in [4.69, 9.17) is 4.65 Å². The maximum Gasteiger partial charge on any atom is 0.197 e. The van der Waals surface area contributed by atoms with Gasteiger partial charge in [-0.3, -0.25) is 0 Å². The summed E-state index contributed by atoms with van der Waals surface area (Å²) in [6.45, 7) is 2.73. The minimum atomic E-state index is -1.40. The molecule has 0 heterocycles. The largest absolute Gasteiger partial charge is 0.579 e. The van der Waals surface area contributed by atoms with E-state index in [1.165, 1.54) is 16.4 Å². The fourth-order valence-corrected chi connectivity index (χ4v) is 3.29. The van der Waals surface area contributed by atoms with Crippen molar-refractivity contribution in [2.24, 2.45) is 0 Å². The van der Waals surface area contributed by atoms with Crippen LogP contribution in [0.4, 0.5) is 0 Å². The second-order valence-corrected chi connectivity index (χ2v) is 5.47. The number of hydrogen-bond acceptors (Lipinski definition) is 1. The highest BCUT2D eigenvalue weighted by Gasteiger charge is 2.30. The lowest BCUT2D eigenvalue weighted by molar-refractivity contribution is 0.347. The molecule has 0 bridgehead atoms. The fourth-order valence-electron chi connectivity index (χ4n) is 3.29. The lowest BCUT2D eigenvalue weighted by atomic mass is 9.28. The topological polar surface area (TPSA) is 9.23 Å². The van der Waals surface area contributed by atoms with Crippen LogP contribution in [-0.4, -0.2) is 13.0 Å². The number of rotatable bonds is 5. The van der Waals surface area contributed by atoms with Crippen LogP contribution in [0.2, 0.25) is 0 Å².